The second kappa shape index (κ2) is 2.27. The first kappa shape index (κ1) is 5.77. The Kier molecular flexibility index (Phi) is 1.46. The molecule has 1 heterocycles. The minimum absolute atomic E-state index is 0.189. The first-order valence-electron chi connectivity index (χ1n) is 2.25. The third-order valence-electron chi connectivity index (χ3n) is 0.774. The largest absolute Gasteiger partial charge is 0.390 e. The van der Waals surface area contributed by atoms with Crippen molar-refractivity contribution in [3.63, 3.8) is 0 Å². The van der Waals surface area contributed by atoms with E-state index in [2.05, 4.69) is 15.0 Å². The second-order valence-electron chi connectivity index (χ2n) is 1.38. The van der Waals surface area contributed by atoms with Crippen molar-refractivity contribution in [2.24, 2.45) is 5.90 Å². The number of H-pyrrole nitrogens is 1. The summed E-state index contributed by atoms with van der Waals surface area (Å²) in [5.74, 6) is 4.90. The van der Waals surface area contributed by atoms with Crippen LogP contribution in [0.4, 0.5) is 0 Å². The number of nitrogens with two attached hydrogens (primary N) is 1. The number of rotatable bonds is 1. The topological polar surface area (TPSA) is 81.0 Å². The Labute approximate surface area is 50.4 Å². The number of aromatic nitrogens is 2. The molecule has 0 aromatic carbocycles. The van der Waals surface area contributed by atoms with Crippen molar-refractivity contribution in [1.82, 2.24) is 10.2 Å². The van der Waals surface area contributed by atoms with E-state index in [1.165, 1.54) is 12.1 Å². The summed E-state index contributed by atoms with van der Waals surface area (Å²) >= 11 is 0. The van der Waals surface area contributed by atoms with Gasteiger partial charge in [-0.25, -0.2) is 5.10 Å². The quantitative estimate of drug-likeness (QED) is 0.475. The first-order chi connectivity index (χ1) is 4.33. The van der Waals surface area contributed by atoms with Crippen LogP contribution in [0.2, 0.25) is 0 Å². The third kappa shape index (κ3) is 1.26. The summed E-state index contributed by atoms with van der Waals surface area (Å²) in [6, 6.07) is 2.65. The lowest BCUT2D eigenvalue weighted by Crippen LogP contribution is -2.10. The molecular formula is C4H5N3O2. The van der Waals surface area contributed by atoms with Gasteiger partial charge in [0.15, 0.2) is 0 Å². The smallest absolute Gasteiger partial charge is 0.264 e. The van der Waals surface area contributed by atoms with Gasteiger partial charge >= 0.3 is 0 Å². The molecule has 0 amide bonds. The number of hydrogen-bond donors (Lipinski definition) is 2. The fraction of sp³-hybridized carbons (Fsp3) is 0. The summed E-state index contributed by atoms with van der Waals surface area (Å²) < 4.78 is 0. The Bertz CT molecular complexity index is 223. The average molecular weight is 127 g/mol. The highest BCUT2D eigenvalue weighted by molar-refractivity contribution is 5.04. The third-order valence-corrected chi connectivity index (χ3v) is 0.774. The second-order valence-corrected chi connectivity index (χ2v) is 1.38. The van der Waals surface area contributed by atoms with Gasteiger partial charge in [-0.2, -0.15) is 5.90 Å². The molecule has 0 aliphatic heterocycles. The van der Waals surface area contributed by atoms with Crippen LogP contribution in [0.1, 0.15) is 0 Å². The molecule has 0 aliphatic rings. The fourth-order valence-corrected chi connectivity index (χ4v) is 0.397. The Morgan fingerprint density at radius 3 is 2.89 bits per heavy atom. The van der Waals surface area contributed by atoms with E-state index in [1.807, 2.05) is 0 Å². The summed E-state index contributed by atoms with van der Waals surface area (Å²) in [7, 11) is 0. The van der Waals surface area contributed by atoms with Gasteiger partial charge in [0, 0.05) is 12.1 Å². The number of hydrogen-bond acceptors (Lipinski definition) is 4. The fourth-order valence-electron chi connectivity index (χ4n) is 0.397. The Morgan fingerprint density at radius 1 is 1.67 bits per heavy atom. The monoisotopic (exact) mass is 127 g/mol. The molecule has 0 radical (unpaired) electrons. The molecule has 5 heteroatoms. The van der Waals surface area contributed by atoms with E-state index in [0.29, 0.717) is 0 Å². The van der Waals surface area contributed by atoms with Crippen LogP contribution in [-0.4, -0.2) is 10.2 Å². The molecule has 9 heavy (non-hydrogen) atoms. The molecule has 0 atom stereocenters. The van der Waals surface area contributed by atoms with Crippen LogP contribution in [-0.2, 0) is 0 Å². The van der Waals surface area contributed by atoms with Gasteiger partial charge in [0.05, 0.1) is 0 Å². The highest BCUT2D eigenvalue weighted by atomic mass is 16.6. The van der Waals surface area contributed by atoms with Gasteiger partial charge in [-0.15, -0.1) is 5.10 Å². The van der Waals surface area contributed by atoms with Gasteiger partial charge in [-0.1, -0.05) is 0 Å². The summed E-state index contributed by atoms with van der Waals surface area (Å²) in [5.41, 5.74) is -0.282. The Balaban J connectivity index is 3.02. The van der Waals surface area contributed by atoms with Gasteiger partial charge in [0.25, 0.3) is 11.4 Å². The zero-order valence-electron chi connectivity index (χ0n) is 4.50. The molecule has 1 aromatic heterocycles. The van der Waals surface area contributed by atoms with Crippen molar-refractivity contribution in [1.29, 1.82) is 0 Å². The molecule has 1 aromatic rings. The minimum atomic E-state index is -0.282. The minimum Gasteiger partial charge on any atom is -0.390 e. The van der Waals surface area contributed by atoms with Crippen LogP contribution in [0.15, 0.2) is 16.9 Å². The van der Waals surface area contributed by atoms with Crippen LogP contribution in [0.3, 0.4) is 0 Å². The molecule has 0 unspecified atom stereocenters. The Morgan fingerprint density at radius 2 is 2.44 bits per heavy atom. The van der Waals surface area contributed by atoms with Crippen molar-refractivity contribution < 1.29 is 4.84 Å². The number of nitrogens with one attached hydrogen (secondary N) is 1. The van der Waals surface area contributed by atoms with Gasteiger partial charge in [0.2, 0.25) is 0 Å². The molecule has 0 aliphatic carbocycles. The molecule has 0 fully saturated rings. The highest BCUT2D eigenvalue weighted by Gasteiger charge is 1.88. The SMILES string of the molecule is NOc1ccc(=O)[nH]n1. The molecule has 0 spiro atoms. The standard InChI is InChI=1S/C4H5N3O2/c5-9-4-2-1-3(8)6-7-4/h1-2H,5H2,(H,6,8). The van der Waals surface area contributed by atoms with Gasteiger partial charge in [-0.3, -0.25) is 4.79 Å². The summed E-state index contributed by atoms with van der Waals surface area (Å²) in [5, 5.41) is 5.55. The summed E-state index contributed by atoms with van der Waals surface area (Å²) in [4.78, 5) is 14.5. The highest BCUT2D eigenvalue weighted by Crippen LogP contribution is 1.93. The van der Waals surface area contributed by atoms with E-state index in [-0.39, 0.29) is 11.4 Å². The van der Waals surface area contributed by atoms with Gasteiger partial charge in [-0.05, 0) is 0 Å². The maximum absolute atomic E-state index is 10.3. The molecule has 1 rings (SSSR count). The van der Waals surface area contributed by atoms with Gasteiger partial charge in [0.1, 0.15) is 0 Å². The van der Waals surface area contributed by atoms with Crippen molar-refractivity contribution in [3.8, 4) is 5.88 Å². The van der Waals surface area contributed by atoms with Crippen molar-refractivity contribution in [2.45, 2.75) is 0 Å². The van der Waals surface area contributed by atoms with Crippen molar-refractivity contribution in [3.05, 3.63) is 22.5 Å². The van der Waals surface area contributed by atoms with E-state index in [4.69, 9.17) is 5.90 Å². The molecule has 3 N–H and O–H groups in total. The van der Waals surface area contributed by atoms with E-state index in [1.54, 1.807) is 0 Å². The zero-order valence-corrected chi connectivity index (χ0v) is 4.50. The van der Waals surface area contributed by atoms with Crippen molar-refractivity contribution in [2.75, 3.05) is 0 Å². The summed E-state index contributed by atoms with van der Waals surface area (Å²) in [6.45, 7) is 0. The Hall–Kier alpha value is -1.36. The average Bonchev–Trinajstić information content (AvgIpc) is 1.90. The summed E-state index contributed by atoms with van der Waals surface area (Å²) in [6.07, 6.45) is 0. The van der Waals surface area contributed by atoms with E-state index < -0.39 is 0 Å². The maximum atomic E-state index is 10.3. The van der Waals surface area contributed by atoms with Gasteiger partial charge < -0.3 is 4.84 Å². The molecular weight excluding hydrogens is 122 g/mol. The molecule has 0 saturated heterocycles. The number of nitrogens with zero attached hydrogens (tertiary/aromatic N) is 1. The molecule has 48 valence electrons. The lowest BCUT2D eigenvalue weighted by Gasteiger charge is -1.91. The maximum Gasteiger partial charge on any atom is 0.264 e. The molecule has 0 saturated carbocycles. The van der Waals surface area contributed by atoms with Crippen molar-refractivity contribution >= 4 is 0 Å². The van der Waals surface area contributed by atoms with Crippen LogP contribution >= 0.6 is 0 Å². The lowest BCUT2D eigenvalue weighted by atomic mass is 10.6. The predicted molar refractivity (Wildman–Crippen MR) is 29.7 cm³/mol. The normalized spacial score (nSPS) is 9.00. The van der Waals surface area contributed by atoms with Crippen LogP contribution in [0, 0.1) is 0 Å². The zero-order chi connectivity index (χ0) is 6.69. The lowest BCUT2D eigenvalue weighted by molar-refractivity contribution is 0.316. The van der Waals surface area contributed by atoms with E-state index in [0.717, 1.165) is 0 Å². The van der Waals surface area contributed by atoms with Crippen LogP contribution in [0.25, 0.3) is 0 Å². The van der Waals surface area contributed by atoms with Crippen LogP contribution < -0.4 is 16.3 Å². The predicted octanol–water partition coefficient (Wildman–Crippen LogP) is -0.978. The number of aromatic amines is 1. The van der Waals surface area contributed by atoms with Crippen LogP contribution in [0.5, 0.6) is 5.88 Å². The van der Waals surface area contributed by atoms with E-state index >= 15 is 0 Å². The molecule has 0 bridgehead atoms. The van der Waals surface area contributed by atoms with E-state index in [9.17, 15) is 4.79 Å². The first-order valence-corrected chi connectivity index (χ1v) is 2.25. The molecule has 5 nitrogen and oxygen atoms in total.